The molecule has 1 aromatic carbocycles. The number of hydrogen-bond donors (Lipinski definition) is 2. The van der Waals surface area contributed by atoms with Crippen LogP contribution in [0.1, 0.15) is 11.1 Å². The number of pyridine rings is 1. The number of hydrogen-bond acceptors (Lipinski definition) is 3. The van der Waals surface area contributed by atoms with E-state index in [1.165, 1.54) is 16.7 Å². The standard InChI is InChI=1S/C15H15ClN2O3/c1-9-5-6-18(2)15(21)14(9)17-13(20)7-10-3-4-11(19)8-12(10)16/h3-6,8,19H,7H2,1-2H3,(H,17,20). The molecule has 2 aromatic rings. The number of aryl methyl sites for hydroxylation is 2. The molecule has 0 saturated heterocycles. The number of rotatable bonds is 3. The van der Waals surface area contributed by atoms with Gasteiger partial charge in [0, 0.05) is 18.3 Å². The van der Waals surface area contributed by atoms with Crippen LogP contribution in [-0.2, 0) is 18.3 Å². The highest BCUT2D eigenvalue weighted by Crippen LogP contribution is 2.22. The predicted molar refractivity (Wildman–Crippen MR) is 81.9 cm³/mol. The Bertz CT molecular complexity index is 753. The Balaban J connectivity index is 2.20. The monoisotopic (exact) mass is 306 g/mol. The van der Waals surface area contributed by atoms with Gasteiger partial charge in [0.2, 0.25) is 5.91 Å². The number of amides is 1. The van der Waals surface area contributed by atoms with E-state index in [1.54, 1.807) is 32.3 Å². The Morgan fingerprint density at radius 2 is 2.10 bits per heavy atom. The number of halogens is 1. The second-order valence-electron chi connectivity index (χ2n) is 4.79. The predicted octanol–water partition coefficient (Wildman–Crippen LogP) is 2.23. The van der Waals surface area contributed by atoms with Crippen molar-refractivity contribution < 1.29 is 9.90 Å². The molecule has 1 aromatic heterocycles. The molecule has 1 heterocycles. The van der Waals surface area contributed by atoms with Gasteiger partial charge in [-0.3, -0.25) is 9.59 Å². The molecule has 2 rings (SSSR count). The first-order valence-electron chi connectivity index (χ1n) is 6.32. The lowest BCUT2D eigenvalue weighted by Crippen LogP contribution is -2.25. The summed E-state index contributed by atoms with van der Waals surface area (Å²) in [6, 6.07) is 6.16. The van der Waals surface area contributed by atoms with Gasteiger partial charge in [0.05, 0.1) is 6.42 Å². The fourth-order valence-corrected chi connectivity index (χ4v) is 2.15. The van der Waals surface area contributed by atoms with E-state index in [4.69, 9.17) is 11.6 Å². The van der Waals surface area contributed by atoms with E-state index in [0.717, 1.165) is 0 Å². The molecule has 0 atom stereocenters. The first kappa shape index (κ1) is 15.1. The van der Waals surface area contributed by atoms with Gasteiger partial charge >= 0.3 is 0 Å². The number of nitrogens with one attached hydrogen (secondary N) is 1. The van der Waals surface area contributed by atoms with Crippen molar-refractivity contribution in [3.05, 3.63) is 57.0 Å². The normalized spacial score (nSPS) is 10.4. The zero-order chi connectivity index (χ0) is 15.6. The van der Waals surface area contributed by atoms with Crippen LogP contribution >= 0.6 is 11.6 Å². The van der Waals surface area contributed by atoms with Gasteiger partial charge in [-0.2, -0.15) is 0 Å². The molecule has 0 saturated carbocycles. The Labute approximate surface area is 126 Å². The maximum atomic E-state index is 12.1. The van der Waals surface area contributed by atoms with Gasteiger partial charge in [-0.05, 0) is 36.2 Å². The van der Waals surface area contributed by atoms with Crippen LogP contribution in [-0.4, -0.2) is 15.6 Å². The molecule has 0 unspecified atom stereocenters. The number of phenols is 1. The molecule has 1 amide bonds. The third-order valence-corrected chi connectivity index (χ3v) is 3.48. The van der Waals surface area contributed by atoms with Gasteiger partial charge in [-0.15, -0.1) is 0 Å². The van der Waals surface area contributed by atoms with E-state index in [0.29, 0.717) is 16.1 Å². The van der Waals surface area contributed by atoms with Crippen LogP contribution in [0.4, 0.5) is 5.69 Å². The van der Waals surface area contributed by atoms with Crippen LogP contribution < -0.4 is 10.9 Å². The van der Waals surface area contributed by atoms with Crippen LogP contribution in [0, 0.1) is 6.92 Å². The largest absolute Gasteiger partial charge is 0.508 e. The van der Waals surface area contributed by atoms with Crippen molar-refractivity contribution in [3.8, 4) is 5.75 Å². The van der Waals surface area contributed by atoms with E-state index in [9.17, 15) is 14.7 Å². The number of carbonyl (C=O) groups is 1. The summed E-state index contributed by atoms with van der Waals surface area (Å²) >= 11 is 5.96. The van der Waals surface area contributed by atoms with Crippen molar-refractivity contribution in [2.24, 2.45) is 7.05 Å². The van der Waals surface area contributed by atoms with Crippen molar-refractivity contribution >= 4 is 23.2 Å². The maximum absolute atomic E-state index is 12.1. The van der Waals surface area contributed by atoms with Crippen LogP contribution in [0.15, 0.2) is 35.3 Å². The average molecular weight is 307 g/mol. The molecule has 0 spiro atoms. The van der Waals surface area contributed by atoms with Crippen molar-refractivity contribution in [2.45, 2.75) is 13.3 Å². The van der Waals surface area contributed by atoms with Crippen molar-refractivity contribution in [1.82, 2.24) is 4.57 Å². The van der Waals surface area contributed by atoms with Crippen molar-refractivity contribution in [3.63, 3.8) is 0 Å². The number of nitrogens with zero attached hydrogens (tertiary/aromatic N) is 1. The summed E-state index contributed by atoms with van der Waals surface area (Å²) in [5.41, 5.74) is 1.28. The number of carbonyl (C=O) groups excluding carboxylic acids is 1. The number of benzene rings is 1. The van der Waals surface area contributed by atoms with E-state index < -0.39 is 0 Å². The minimum Gasteiger partial charge on any atom is -0.508 e. The lowest BCUT2D eigenvalue weighted by atomic mass is 10.1. The average Bonchev–Trinajstić information content (AvgIpc) is 2.42. The molecule has 0 aliphatic heterocycles. The summed E-state index contributed by atoms with van der Waals surface area (Å²) in [7, 11) is 1.62. The summed E-state index contributed by atoms with van der Waals surface area (Å²) in [5, 5.41) is 12.2. The number of phenolic OH excluding ortho intramolecular Hbond substituents is 1. The Kier molecular flexibility index (Phi) is 4.33. The van der Waals surface area contributed by atoms with Gasteiger partial charge in [0.25, 0.3) is 5.56 Å². The summed E-state index contributed by atoms with van der Waals surface area (Å²) < 4.78 is 1.40. The molecule has 0 bridgehead atoms. The van der Waals surface area contributed by atoms with Crippen LogP contribution in [0.2, 0.25) is 5.02 Å². The topological polar surface area (TPSA) is 71.3 Å². The van der Waals surface area contributed by atoms with Gasteiger partial charge in [-0.25, -0.2) is 0 Å². The van der Waals surface area contributed by atoms with Crippen molar-refractivity contribution in [2.75, 3.05) is 5.32 Å². The fraction of sp³-hybridized carbons (Fsp3) is 0.200. The first-order chi connectivity index (χ1) is 9.88. The molecule has 2 N–H and O–H groups in total. The minimum absolute atomic E-state index is 0.0244. The van der Waals surface area contributed by atoms with Gasteiger partial charge in [-0.1, -0.05) is 17.7 Å². The van der Waals surface area contributed by atoms with E-state index >= 15 is 0 Å². The summed E-state index contributed by atoms with van der Waals surface area (Å²) in [6.07, 6.45) is 1.67. The highest BCUT2D eigenvalue weighted by molar-refractivity contribution is 6.31. The zero-order valence-corrected chi connectivity index (χ0v) is 12.4. The van der Waals surface area contributed by atoms with Gasteiger partial charge < -0.3 is 15.0 Å². The molecular formula is C15H15ClN2O3. The summed E-state index contributed by atoms with van der Waals surface area (Å²) in [4.78, 5) is 24.0. The summed E-state index contributed by atoms with van der Waals surface area (Å²) in [6.45, 7) is 1.75. The minimum atomic E-state index is -0.339. The van der Waals surface area contributed by atoms with Crippen LogP contribution in [0.3, 0.4) is 0 Å². The molecule has 0 radical (unpaired) electrons. The fourth-order valence-electron chi connectivity index (χ4n) is 1.91. The highest BCUT2D eigenvalue weighted by Gasteiger charge is 2.12. The molecule has 110 valence electrons. The van der Waals surface area contributed by atoms with Crippen LogP contribution in [0.25, 0.3) is 0 Å². The number of anilines is 1. The SMILES string of the molecule is Cc1ccn(C)c(=O)c1NC(=O)Cc1ccc(O)cc1Cl. The third kappa shape index (κ3) is 3.44. The molecule has 5 nitrogen and oxygen atoms in total. The van der Waals surface area contributed by atoms with Gasteiger partial charge in [0.1, 0.15) is 11.4 Å². The van der Waals surface area contributed by atoms with E-state index in [1.807, 2.05) is 0 Å². The lowest BCUT2D eigenvalue weighted by molar-refractivity contribution is -0.115. The molecule has 0 fully saturated rings. The molecule has 0 aliphatic rings. The molecule has 6 heteroatoms. The molecule has 0 aliphatic carbocycles. The molecule has 21 heavy (non-hydrogen) atoms. The second-order valence-corrected chi connectivity index (χ2v) is 5.20. The third-order valence-electron chi connectivity index (χ3n) is 3.13. The molecular weight excluding hydrogens is 292 g/mol. The summed E-state index contributed by atoms with van der Waals surface area (Å²) in [5.74, 6) is -0.300. The van der Waals surface area contributed by atoms with E-state index in [-0.39, 0.29) is 29.3 Å². The van der Waals surface area contributed by atoms with Crippen LogP contribution in [0.5, 0.6) is 5.75 Å². The number of aromatic nitrogens is 1. The van der Waals surface area contributed by atoms with E-state index in [2.05, 4.69) is 5.32 Å². The lowest BCUT2D eigenvalue weighted by Gasteiger charge is -2.10. The number of aromatic hydroxyl groups is 1. The Morgan fingerprint density at radius 1 is 1.38 bits per heavy atom. The Morgan fingerprint density at radius 3 is 2.76 bits per heavy atom. The van der Waals surface area contributed by atoms with Crippen molar-refractivity contribution in [1.29, 1.82) is 0 Å². The zero-order valence-electron chi connectivity index (χ0n) is 11.7. The van der Waals surface area contributed by atoms with Gasteiger partial charge in [0.15, 0.2) is 0 Å². The Hall–Kier alpha value is -2.27. The quantitative estimate of drug-likeness (QED) is 0.913. The maximum Gasteiger partial charge on any atom is 0.274 e. The first-order valence-corrected chi connectivity index (χ1v) is 6.69. The highest BCUT2D eigenvalue weighted by atomic mass is 35.5. The smallest absolute Gasteiger partial charge is 0.274 e. The second kappa shape index (κ2) is 6.01.